The van der Waals surface area contributed by atoms with Crippen molar-refractivity contribution in [3.8, 4) is 0 Å². The molecule has 0 aliphatic carbocycles. The number of methoxy groups -OCH3 is 1. The summed E-state index contributed by atoms with van der Waals surface area (Å²) in [6.45, 7) is 5.77. The van der Waals surface area contributed by atoms with Crippen LogP contribution in [0.15, 0.2) is 15.3 Å². The van der Waals surface area contributed by atoms with E-state index in [-0.39, 0.29) is 22.4 Å². The molecule has 0 aromatic carbocycles. The number of H-pyrrole nitrogens is 1. The summed E-state index contributed by atoms with van der Waals surface area (Å²) in [7, 11) is 1.66. The fourth-order valence-electron chi connectivity index (χ4n) is 2.59. The molecular weight excluding hydrogens is 324 g/mol. The zero-order valence-electron chi connectivity index (χ0n) is 12.0. The second-order valence-electron chi connectivity index (χ2n) is 5.71. The molecule has 2 rings (SSSR count). The van der Waals surface area contributed by atoms with Crippen LogP contribution in [0.25, 0.3) is 0 Å². The van der Waals surface area contributed by atoms with E-state index in [0.29, 0.717) is 19.7 Å². The standard InChI is InChI=1S/C14H19BrN2O3/c1-9-11(15)6-10(12(18)16-9)13(19)17-5-4-14(2,7-17)8-20-3/h6H,4-5,7-8H2,1-3H3,(H,16,18). The van der Waals surface area contributed by atoms with Gasteiger partial charge in [0.2, 0.25) is 0 Å². The lowest BCUT2D eigenvalue weighted by Crippen LogP contribution is -2.35. The van der Waals surface area contributed by atoms with E-state index in [1.165, 1.54) is 0 Å². The molecule has 20 heavy (non-hydrogen) atoms. The van der Waals surface area contributed by atoms with Crippen molar-refractivity contribution in [3.05, 3.63) is 32.2 Å². The van der Waals surface area contributed by atoms with Crippen molar-refractivity contribution in [1.82, 2.24) is 9.88 Å². The molecule has 2 heterocycles. The Hall–Kier alpha value is -1.14. The molecule has 1 amide bonds. The lowest BCUT2D eigenvalue weighted by Gasteiger charge is -2.23. The van der Waals surface area contributed by atoms with Crippen LogP contribution in [0.1, 0.15) is 29.4 Å². The molecule has 1 saturated heterocycles. The molecule has 0 saturated carbocycles. The molecule has 1 aromatic rings. The number of aromatic nitrogens is 1. The number of likely N-dealkylation sites (tertiary alicyclic amines) is 1. The lowest BCUT2D eigenvalue weighted by atomic mass is 9.91. The summed E-state index contributed by atoms with van der Waals surface area (Å²) in [6, 6.07) is 1.60. The minimum atomic E-state index is -0.337. The maximum atomic E-state index is 12.5. The molecule has 110 valence electrons. The normalized spacial score (nSPS) is 22.3. The predicted octanol–water partition coefficient (Wildman–Crippen LogP) is 1.94. The van der Waals surface area contributed by atoms with Gasteiger partial charge in [-0.1, -0.05) is 6.92 Å². The Morgan fingerprint density at radius 1 is 1.60 bits per heavy atom. The molecule has 1 aliphatic heterocycles. The Morgan fingerprint density at radius 3 is 2.95 bits per heavy atom. The summed E-state index contributed by atoms with van der Waals surface area (Å²) in [5, 5.41) is 0. The summed E-state index contributed by atoms with van der Waals surface area (Å²) in [5.74, 6) is -0.216. The Balaban J connectivity index is 2.22. The smallest absolute Gasteiger partial charge is 0.261 e. The number of aromatic amines is 1. The highest BCUT2D eigenvalue weighted by Gasteiger charge is 2.36. The fourth-order valence-corrected chi connectivity index (χ4v) is 2.92. The summed E-state index contributed by atoms with van der Waals surface area (Å²) >= 11 is 3.34. The summed E-state index contributed by atoms with van der Waals surface area (Å²) in [6.07, 6.45) is 0.886. The summed E-state index contributed by atoms with van der Waals surface area (Å²) < 4.78 is 5.94. The average Bonchev–Trinajstić information content (AvgIpc) is 2.76. The highest BCUT2D eigenvalue weighted by atomic mass is 79.9. The minimum Gasteiger partial charge on any atom is -0.384 e. The van der Waals surface area contributed by atoms with E-state index >= 15 is 0 Å². The zero-order valence-corrected chi connectivity index (χ0v) is 13.5. The van der Waals surface area contributed by atoms with Crippen molar-refractivity contribution < 1.29 is 9.53 Å². The largest absolute Gasteiger partial charge is 0.384 e. The predicted molar refractivity (Wildman–Crippen MR) is 80.0 cm³/mol. The van der Waals surface area contributed by atoms with Gasteiger partial charge in [0.25, 0.3) is 11.5 Å². The first kappa shape index (κ1) is 15.3. The van der Waals surface area contributed by atoms with E-state index < -0.39 is 0 Å². The third kappa shape index (κ3) is 2.96. The quantitative estimate of drug-likeness (QED) is 0.912. The van der Waals surface area contributed by atoms with Crippen LogP contribution in [-0.4, -0.2) is 42.6 Å². The lowest BCUT2D eigenvalue weighted by molar-refractivity contribution is 0.0708. The maximum Gasteiger partial charge on any atom is 0.261 e. The first-order valence-electron chi connectivity index (χ1n) is 6.54. The van der Waals surface area contributed by atoms with Crippen molar-refractivity contribution >= 4 is 21.8 Å². The van der Waals surface area contributed by atoms with Crippen molar-refractivity contribution in [2.24, 2.45) is 5.41 Å². The molecule has 6 heteroatoms. The Labute approximate surface area is 126 Å². The third-order valence-electron chi connectivity index (χ3n) is 3.74. The van der Waals surface area contributed by atoms with Gasteiger partial charge in [0.1, 0.15) is 5.56 Å². The van der Waals surface area contributed by atoms with Gasteiger partial charge in [-0.3, -0.25) is 9.59 Å². The van der Waals surface area contributed by atoms with Crippen LogP contribution >= 0.6 is 15.9 Å². The number of halogens is 1. The molecule has 1 aromatic heterocycles. The molecule has 0 bridgehead atoms. The topological polar surface area (TPSA) is 62.4 Å². The number of carbonyl (C=O) groups excluding carboxylic acids is 1. The van der Waals surface area contributed by atoms with Crippen molar-refractivity contribution in [3.63, 3.8) is 0 Å². The Bertz CT molecular complexity index is 584. The molecule has 1 aliphatic rings. The van der Waals surface area contributed by atoms with Crippen LogP contribution in [0.4, 0.5) is 0 Å². The number of pyridine rings is 1. The molecule has 0 radical (unpaired) electrons. The Morgan fingerprint density at radius 2 is 2.30 bits per heavy atom. The van der Waals surface area contributed by atoms with Gasteiger partial charge in [-0.15, -0.1) is 0 Å². The van der Waals surface area contributed by atoms with Gasteiger partial charge in [-0.05, 0) is 35.3 Å². The number of nitrogens with zero attached hydrogens (tertiary/aromatic N) is 1. The van der Waals surface area contributed by atoms with Gasteiger partial charge >= 0.3 is 0 Å². The number of aryl methyl sites for hydroxylation is 1. The van der Waals surface area contributed by atoms with Gasteiger partial charge in [0.15, 0.2) is 0 Å². The third-order valence-corrected chi connectivity index (χ3v) is 4.57. The monoisotopic (exact) mass is 342 g/mol. The van der Waals surface area contributed by atoms with Crippen LogP contribution in [0, 0.1) is 12.3 Å². The molecule has 5 nitrogen and oxygen atoms in total. The number of hydrogen-bond acceptors (Lipinski definition) is 3. The van der Waals surface area contributed by atoms with Crippen LogP contribution in [0.5, 0.6) is 0 Å². The molecule has 1 unspecified atom stereocenters. The number of carbonyl (C=O) groups is 1. The molecule has 1 N–H and O–H groups in total. The van der Waals surface area contributed by atoms with E-state index in [0.717, 1.165) is 16.6 Å². The number of hydrogen-bond donors (Lipinski definition) is 1. The van der Waals surface area contributed by atoms with Gasteiger partial charge in [-0.2, -0.15) is 0 Å². The van der Waals surface area contributed by atoms with Crippen LogP contribution in [0.3, 0.4) is 0 Å². The molecule has 0 spiro atoms. The van der Waals surface area contributed by atoms with E-state index in [9.17, 15) is 9.59 Å². The first-order chi connectivity index (χ1) is 9.36. The highest BCUT2D eigenvalue weighted by Crippen LogP contribution is 2.30. The second-order valence-corrected chi connectivity index (χ2v) is 6.56. The fraction of sp³-hybridized carbons (Fsp3) is 0.571. The van der Waals surface area contributed by atoms with E-state index in [1.807, 2.05) is 0 Å². The van der Waals surface area contributed by atoms with Gasteiger partial charge in [0, 0.05) is 35.8 Å². The number of amides is 1. The maximum absolute atomic E-state index is 12.5. The summed E-state index contributed by atoms with van der Waals surface area (Å²) in [5.41, 5.74) is 0.538. The summed E-state index contributed by atoms with van der Waals surface area (Å²) in [4.78, 5) is 28.8. The van der Waals surface area contributed by atoms with Crippen LogP contribution < -0.4 is 5.56 Å². The molecular formula is C14H19BrN2O3. The number of nitrogens with one attached hydrogen (secondary N) is 1. The number of ether oxygens (including phenoxy) is 1. The van der Waals surface area contributed by atoms with Crippen LogP contribution in [0.2, 0.25) is 0 Å². The van der Waals surface area contributed by atoms with Crippen molar-refractivity contribution in [1.29, 1.82) is 0 Å². The zero-order chi connectivity index (χ0) is 14.9. The van der Waals surface area contributed by atoms with E-state index in [4.69, 9.17) is 4.74 Å². The van der Waals surface area contributed by atoms with Gasteiger partial charge < -0.3 is 14.6 Å². The minimum absolute atomic E-state index is 0.0287. The molecule has 1 fully saturated rings. The number of rotatable bonds is 3. The van der Waals surface area contributed by atoms with E-state index in [1.54, 1.807) is 25.0 Å². The van der Waals surface area contributed by atoms with E-state index in [2.05, 4.69) is 27.8 Å². The molecule has 1 atom stereocenters. The first-order valence-corrected chi connectivity index (χ1v) is 7.33. The van der Waals surface area contributed by atoms with Gasteiger partial charge in [0.05, 0.1) is 6.61 Å². The van der Waals surface area contributed by atoms with Crippen LogP contribution in [-0.2, 0) is 4.74 Å². The van der Waals surface area contributed by atoms with Crippen molar-refractivity contribution in [2.45, 2.75) is 20.3 Å². The highest BCUT2D eigenvalue weighted by molar-refractivity contribution is 9.10. The Kier molecular flexibility index (Phi) is 4.34. The second kappa shape index (κ2) is 5.69. The average molecular weight is 343 g/mol. The van der Waals surface area contributed by atoms with Gasteiger partial charge in [-0.25, -0.2) is 0 Å². The van der Waals surface area contributed by atoms with Crippen molar-refractivity contribution in [2.75, 3.05) is 26.8 Å². The SMILES string of the molecule is COCC1(C)CCN(C(=O)c2cc(Br)c(C)[nH]c2=O)C1.